The fourth-order valence-corrected chi connectivity index (χ4v) is 3.31. The molecule has 0 atom stereocenters. The summed E-state index contributed by atoms with van der Waals surface area (Å²) in [7, 11) is 6.21. The average molecular weight is 574 g/mol. The maximum absolute atomic E-state index is 11.9. The van der Waals surface area contributed by atoms with Crippen molar-refractivity contribution in [2.45, 2.75) is 0 Å². The molecule has 9 heteroatoms. The Morgan fingerprint density at radius 2 is 0.923 bits per heavy atom. The van der Waals surface area contributed by atoms with Crippen LogP contribution in [0.3, 0.4) is 0 Å². The van der Waals surface area contributed by atoms with Gasteiger partial charge in [-0.25, -0.2) is 0 Å². The monoisotopic (exact) mass is 573 g/mol. The van der Waals surface area contributed by atoms with E-state index in [0.717, 1.165) is 22.9 Å². The van der Waals surface area contributed by atoms with Crippen LogP contribution in [0.1, 0.15) is 0 Å². The number of methoxy groups -OCH3 is 4. The summed E-state index contributed by atoms with van der Waals surface area (Å²) in [6.45, 7) is 0. The molecule has 0 unspecified atom stereocenters. The smallest absolute Gasteiger partial charge is 0.228 e. The van der Waals surface area contributed by atoms with Crippen LogP contribution in [0.15, 0.2) is 120 Å². The predicted molar refractivity (Wildman–Crippen MR) is 148 cm³/mol. The van der Waals surface area contributed by atoms with Crippen LogP contribution in [0.4, 0.5) is 11.4 Å². The van der Waals surface area contributed by atoms with Gasteiger partial charge >= 0.3 is 0 Å². The summed E-state index contributed by atoms with van der Waals surface area (Å²) in [4.78, 5) is 23.8. The van der Waals surface area contributed by atoms with E-state index in [4.69, 9.17) is 18.9 Å². The SMILES string of the molecule is COC1=CC=C/C(=C/Nc2ccc(OC)cc2)C1=O.COC1=CC=C/C(=C/Nc2ccc(OC)cc2)C1=O.[Co]. The van der Waals surface area contributed by atoms with Crippen LogP contribution in [0.2, 0.25) is 0 Å². The molecule has 2 aliphatic carbocycles. The maximum atomic E-state index is 11.9. The van der Waals surface area contributed by atoms with Gasteiger partial charge in [-0.1, -0.05) is 12.2 Å². The normalized spacial score (nSPS) is 15.8. The van der Waals surface area contributed by atoms with Crippen LogP contribution < -0.4 is 20.1 Å². The molecule has 0 aromatic heterocycles. The van der Waals surface area contributed by atoms with Crippen LogP contribution in [-0.4, -0.2) is 40.0 Å². The number of benzene rings is 2. The van der Waals surface area contributed by atoms with E-state index in [9.17, 15) is 9.59 Å². The quantitative estimate of drug-likeness (QED) is 0.410. The Morgan fingerprint density at radius 3 is 1.23 bits per heavy atom. The van der Waals surface area contributed by atoms with Gasteiger partial charge in [-0.05, 0) is 72.8 Å². The van der Waals surface area contributed by atoms with Crippen molar-refractivity contribution in [2.75, 3.05) is 39.1 Å². The van der Waals surface area contributed by atoms with E-state index >= 15 is 0 Å². The third-order valence-corrected chi connectivity index (χ3v) is 5.43. The van der Waals surface area contributed by atoms with Crippen molar-refractivity contribution in [1.82, 2.24) is 0 Å². The summed E-state index contributed by atoms with van der Waals surface area (Å²) < 4.78 is 20.1. The first-order chi connectivity index (χ1) is 18.5. The molecular weight excluding hydrogens is 543 g/mol. The molecule has 0 saturated heterocycles. The molecule has 0 fully saturated rings. The molecule has 2 aliphatic rings. The van der Waals surface area contributed by atoms with Crippen LogP contribution in [0.25, 0.3) is 0 Å². The number of ketones is 2. The second-order valence-electron chi connectivity index (χ2n) is 7.79. The number of rotatable bonds is 8. The molecule has 4 rings (SSSR count). The van der Waals surface area contributed by atoms with Gasteiger partial charge in [-0.2, -0.15) is 0 Å². The fourth-order valence-electron chi connectivity index (χ4n) is 3.31. The Morgan fingerprint density at radius 1 is 0.564 bits per heavy atom. The summed E-state index contributed by atoms with van der Waals surface area (Å²) in [5.74, 6) is 1.99. The van der Waals surface area contributed by atoms with E-state index in [1.807, 2.05) is 48.5 Å². The fraction of sp³-hybridized carbons (Fsp3) is 0.133. The van der Waals surface area contributed by atoms with Gasteiger partial charge in [-0.15, -0.1) is 0 Å². The molecule has 8 nitrogen and oxygen atoms in total. The Labute approximate surface area is 238 Å². The van der Waals surface area contributed by atoms with Crippen LogP contribution in [-0.2, 0) is 35.8 Å². The molecule has 0 bridgehead atoms. The summed E-state index contributed by atoms with van der Waals surface area (Å²) in [5, 5.41) is 6.14. The van der Waals surface area contributed by atoms with Crippen molar-refractivity contribution < 1.29 is 45.3 Å². The van der Waals surface area contributed by atoms with Crippen molar-refractivity contribution in [3.63, 3.8) is 0 Å². The zero-order chi connectivity index (χ0) is 27.3. The molecule has 0 amide bonds. The number of anilines is 2. The van der Waals surface area contributed by atoms with Gasteiger partial charge in [0.1, 0.15) is 11.5 Å². The first-order valence-electron chi connectivity index (χ1n) is 11.6. The third-order valence-electron chi connectivity index (χ3n) is 5.43. The molecule has 1 radical (unpaired) electrons. The number of hydrogen-bond donors (Lipinski definition) is 2. The number of carbonyl (C=O) groups excluding carboxylic acids is 2. The first-order valence-corrected chi connectivity index (χ1v) is 11.6. The Balaban J connectivity index is 0.000000267. The average Bonchev–Trinajstić information content (AvgIpc) is 2.97. The number of Topliss-reactive ketones (excluding diaryl/α,β-unsaturated/α-hetero) is 2. The number of nitrogens with one attached hydrogen (secondary N) is 2. The summed E-state index contributed by atoms with van der Waals surface area (Å²) >= 11 is 0. The molecule has 0 heterocycles. The maximum Gasteiger partial charge on any atom is 0.228 e. The standard InChI is InChI=1S/2C15H15NO3.Co/c2*1-18-13-8-6-12(7-9-13)16-10-11-4-3-5-14(19-2)15(11)17;/h2*3-10,16H,1-2H3;/b2*11-10-;. The number of ether oxygens (including phenoxy) is 4. The first kappa shape index (κ1) is 30.7. The van der Waals surface area contributed by atoms with E-state index in [1.165, 1.54) is 14.2 Å². The van der Waals surface area contributed by atoms with Crippen LogP contribution >= 0.6 is 0 Å². The molecule has 0 saturated carbocycles. The third kappa shape index (κ3) is 8.80. The van der Waals surface area contributed by atoms with Crippen LogP contribution in [0.5, 0.6) is 11.5 Å². The predicted octanol–water partition coefficient (Wildman–Crippen LogP) is 5.32. The van der Waals surface area contributed by atoms with Crippen molar-refractivity contribution in [2.24, 2.45) is 0 Å². The van der Waals surface area contributed by atoms with Gasteiger partial charge < -0.3 is 29.6 Å². The minimum Gasteiger partial charge on any atom is -0.497 e. The second kappa shape index (κ2) is 15.7. The molecule has 0 spiro atoms. The van der Waals surface area contributed by atoms with E-state index < -0.39 is 0 Å². The van der Waals surface area contributed by atoms with Crippen molar-refractivity contribution in [3.05, 3.63) is 120 Å². The summed E-state index contributed by atoms with van der Waals surface area (Å²) in [5.41, 5.74) is 2.86. The Hall–Kier alpha value is -4.47. The van der Waals surface area contributed by atoms with E-state index in [1.54, 1.807) is 63.1 Å². The Bertz CT molecular complexity index is 1220. The van der Waals surface area contributed by atoms with Gasteiger partial charge in [0.05, 0.1) is 28.4 Å². The van der Waals surface area contributed by atoms with Gasteiger partial charge in [0.15, 0.2) is 11.5 Å². The van der Waals surface area contributed by atoms with Gasteiger partial charge in [-0.3, -0.25) is 9.59 Å². The number of carbonyl (C=O) groups is 2. The largest absolute Gasteiger partial charge is 0.497 e. The molecule has 205 valence electrons. The molecule has 2 aromatic carbocycles. The topological polar surface area (TPSA) is 95.1 Å². The molecule has 0 aliphatic heterocycles. The molecule has 39 heavy (non-hydrogen) atoms. The van der Waals surface area contributed by atoms with Gasteiger partial charge in [0.25, 0.3) is 0 Å². The summed E-state index contributed by atoms with van der Waals surface area (Å²) in [6, 6.07) is 14.9. The van der Waals surface area contributed by atoms with Crippen molar-refractivity contribution in [3.8, 4) is 11.5 Å². The Kier molecular flexibility index (Phi) is 12.4. The van der Waals surface area contributed by atoms with Crippen molar-refractivity contribution in [1.29, 1.82) is 0 Å². The van der Waals surface area contributed by atoms with Gasteiger partial charge in [0, 0.05) is 51.7 Å². The number of allylic oxidation sites excluding steroid dienone is 8. The zero-order valence-electron chi connectivity index (χ0n) is 22.0. The van der Waals surface area contributed by atoms with E-state index in [2.05, 4.69) is 10.6 Å². The minimum absolute atomic E-state index is 0. The zero-order valence-corrected chi connectivity index (χ0v) is 23.1. The minimum atomic E-state index is -0.133. The van der Waals surface area contributed by atoms with E-state index in [0.29, 0.717) is 22.7 Å². The van der Waals surface area contributed by atoms with E-state index in [-0.39, 0.29) is 28.3 Å². The molecule has 2 aromatic rings. The van der Waals surface area contributed by atoms with Gasteiger partial charge in [0.2, 0.25) is 11.6 Å². The molecule has 2 N–H and O–H groups in total. The second-order valence-corrected chi connectivity index (χ2v) is 7.79. The molecular formula is C30H30CoN2O6. The van der Waals surface area contributed by atoms with Crippen molar-refractivity contribution >= 4 is 22.9 Å². The summed E-state index contributed by atoms with van der Waals surface area (Å²) in [6.07, 6.45) is 13.6. The number of hydrogen-bond acceptors (Lipinski definition) is 8. The van der Waals surface area contributed by atoms with Crippen LogP contribution in [0, 0.1) is 0 Å².